The highest BCUT2D eigenvalue weighted by Gasteiger charge is 2.40. The molecule has 1 fully saturated rings. The van der Waals surface area contributed by atoms with Crippen LogP contribution in [-0.4, -0.2) is 17.4 Å². The number of nitrogens with two attached hydrogens (primary N) is 1. The van der Waals surface area contributed by atoms with Crippen molar-refractivity contribution < 1.29 is 9.72 Å². The van der Waals surface area contributed by atoms with E-state index in [1.807, 2.05) is 6.92 Å². The molecule has 21 heavy (non-hydrogen) atoms. The molecule has 1 unspecified atom stereocenters. The van der Waals surface area contributed by atoms with Crippen LogP contribution in [0.4, 0.5) is 5.69 Å². The van der Waals surface area contributed by atoms with E-state index in [2.05, 4.69) is 5.32 Å². The Kier molecular flexibility index (Phi) is 4.57. The van der Waals surface area contributed by atoms with E-state index in [4.69, 9.17) is 5.73 Å². The highest BCUT2D eigenvalue weighted by atomic mass is 16.6. The average Bonchev–Trinajstić information content (AvgIpc) is 2.97. The zero-order chi connectivity index (χ0) is 15.5. The third kappa shape index (κ3) is 3.21. The van der Waals surface area contributed by atoms with Crippen molar-refractivity contribution in [2.24, 2.45) is 11.1 Å². The highest BCUT2D eigenvalue weighted by Crippen LogP contribution is 2.37. The fourth-order valence-electron chi connectivity index (χ4n) is 2.92. The van der Waals surface area contributed by atoms with Gasteiger partial charge in [0.15, 0.2) is 0 Å². The molecule has 0 saturated heterocycles. The summed E-state index contributed by atoms with van der Waals surface area (Å²) in [5.41, 5.74) is 6.09. The molecule has 1 aliphatic rings. The number of amides is 1. The quantitative estimate of drug-likeness (QED) is 0.642. The maximum atomic E-state index is 12.5. The second-order valence-electron chi connectivity index (χ2n) is 5.74. The Labute approximate surface area is 123 Å². The number of nitrogens with one attached hydrogen (secondary N) is 1. The summed E-state index contributed by atoms with van der Waals surface area (Å²) in [6.07, 6.45) is 3.68. The predicted molar refractivity (Wildman–Crippen MR) is 79.6 cm³/mol. The molecule has 114 valence electrons. The zero-order valence-corrected chi connectivity index (χ0v) is 12.2. The fourth-order valence-corrected chi connectivity index (χ4v) is 2.92. The molecule has 1 saturated carbocycles. The number of benzene rings is 1. The first-order chi connectivity index (χ1) is 9.98. The van der Waals surface area contributed by atoms with E-state index in [-0.39, 0.29) is 17.6 Å². The molecular formula is C15H21N3O3. The van der Waals surface area contributed by atoms with Gasteiger partial charge in [-0.15, -0.1) is 0 Å². The number of nitro benzene ring substituents is 1. The molecule has 1 atom stereocenters. The molecule has 1 aromatic rings. The van der Waals surface area contributed by atoms with E-state index in [1.54, 1.807) is 12.1 Å². The number of nitro groups is 1. The summed E-state index contributed by atoms with van der Waals surface area (Å²) in [6.45, 7) is 2.18. The van der Waals surface area contributed by atoms with Crippen molar-refractivity contribution in [2.75, 3.05) is 6.54 Å². The molecule has 1 amide bonds. The molecular weight excluding hydrogens is 270 g/mol. The molecule has 0 bridgehead atoms. The third-order valence-electron chi connectivity index (χ3n) is 4.36. The smallest absolute Gasteiger partial charge is 0.269 e. The van der Waals surface area contributed by atoms with Gasteiger partial charge in [-0.1, -0.05) is 25.0 Å². The van der Waals surface area contributed by atoms with Gasteiger partial charge < -0.3 is 11.1 Å². The van der Waals surface area contributed by atoms with Crippen molar-refractivity contribution in [3.05, 3.63) is 39.9 Å². The van der Waals surface area contributed by atoms with Crippen LogP contribution < -0.4 is 11.1 Å². The Hall–Kier alpha value is -1.95. The molecule has 6 heteroatoms. The lowest BCUT2D eigenvalue weighted by atomic mass is 9.85. The van der Waals surface area contributed by atoms with Crippen molar-refractivity contribution in [3.63, 3.8) is 0 Å². The van der Waals surface area contributed by atoms with Gasteiger partial charge in [0.25, 0.3) is 5.69 Å². The van der Waals surface area contributed by atoms with Gasteiger partial charge >= 0.3 is 0 Å². The van der Waals surface area contributed by atoms with Crippen molar-refractivity contribution in [1.82, 2.24) is 5.32 Å². The lowest BCUT2D eigenvalue weighted by molar-refractivity contribution is -0.384. The van der Waals surface area contributed by atoms with Crippen molar-refractivity contribution >= 4 is 11.6 Å². The summed E-state index contributed by atoms with van der Waals surface area (Å²) in [5.74, 6) is -0.0403. The summed E-state index contributed by atoms with van der Waals surface area (Å²) in [4.78, 5) is 22.8. The topological polar surface area (TPSA) is 98.3 Å². The molecule has 1 aromatic carbocycles. The molecule has 3 N–H and O–H groups in total. The Morgan fingerprint density at radius 2 is 2.14 bits per heavy atom. The minimum atomic E-state index is -0.463. The van der Waals surface area contributed by atoms with Crippen molar-refractivity contribution in [3.8, 4) is 0 Å². The number of carbonyl (C=O) groups excluding carboxylic acids is 1. The molecule has 0 heterocycles. The van der Waals surface area contributed by atoms with Crippen LogP contribution in [0, 0.1) is 15.5 Å². The first-order valence-corrected chi connectivity index (χ1v) is 7.24. The lowest BCUT2D eigenvalue weighted by Crippen LogP contribution is -2.44. The Bertz CT molecular complexity index is 539. The van der Waals surface area contributed by atoms with Gasteiger partial charge in [-0.3, -0.25) is 14.9 Å². The van der Waals surface area contributed by atoms with Gasteiger partial charge in [0, 0.05) is 18.7 Å². The van der Waals surface area contributed by atoms with Gasteiger partial charge in [0.1, 0.15) is 0 Å². The Morgan fingerprint density at radius 1 is 1.48 bits per heavy atom. The van der Waals surface area contributed by atoms with E-state index in [9.17, 15) is 14.9 Å². The van der Waals surface area contributed by atoms with E-state index in [0.29, 0.717) is 6.54 Å². The number of hydrogen-bond acceptors (Lipinski definition) is 4. The van der Waals surface area contributed by atoms with Crippen molar-refractivity contribution in [1.29, 1.82) is 0 Å². The van der Waals surface area contributed by atoms with Crippen LogP contribution in [0.15, 0.2) is 24.3 Å². The summed E-state index contributed by atoms with van der Waals surface area (Å²) in [7, 11) is 0. The minimum absolute atomic E-state index is 0.0306. The number of hydrogen-bond donors (Lipinski definition) is 2. The maximum absolute atomic E-state index is 12.5. The van der Waals surface area contributed by atoms with Crippen LogP contribution in [0.3, 0.4) is 0 Å². The summed E-state index contributed by atoms with van der Waals surface area (Å²) in [6, 6.07) is 6.07. The van der Waals surface area contributed by atoms with Crippen molar-refractivity contribution in [2.45, 2.75) is 38.6 Å². The van der Waals surface area contributed by atoms with Crippen LogP contribution in [-0.2, 0) is 4.79 Å². The second kappa shape index (κ2) is 6.22. The minimum Gasteiger partial charge on any atom is -0.349 e. The van der Waals surface area contributed by atoms with Gasteiger partial charge in [-0.05, 0) is 25.3 Å². The largest absolute Gasteiger partial charge is 0.349 e. The lowest BCUT2D eigenvalue weighted by Gasteiger charge is -2.28. The van der Waals surface area contributed by atoms with Gasteiger partial charge in [0.05, 0.1) is 16.4 Å². The Morgan fingerprint density at radius 3 is 2.71 bits per heavy atom. The normalized spacial score (nSPS) is 18.2. The van der Waals surface area contributed by atoms with E-state index in [0.717, 1.165) is 31.2 Å². The summed E-state index contributed by atoms with van der Waals surface area (Å²) < 4.78 is 0. The molecule has 0 aliphatic heterocycles. The first kappa shape index (κ1) is 15.4. The summed E-state index contributed by atoms with van der Waals surface area (Å²) >= 11 is 0. The fraction of sp³-hybridized carbons (Fsp3) is 0.533. The Balaban J connectivity index is 2.10. The number of carbonyl (C=O) groups is 1. The van der Waals surface area contributed by atoms with Gasteiger partial charge in [-0.25, -0.2) is 0 Å². The van der Waals surface area contributed by atoms with Crippen LogP contribution in [0.25, 0.3) is 0 Å². The van der Waals surface area contributed by atoms with E-state index < -0.39 is 10.3 Å². The van der Waals surface area contributed by atoms with E-state index in [1.165, 1.54) is 12.1 Å². The molecule has 6 nitrogen and oxygen atoms in total. The number of non-ortho nitro benzene ring substituents is 1. The van der Waals surface area contributed by atoms with Crippen LogP contribution in [0.5, 0.6) is 0 Å². The molecule has 0 spiro atoms. The highest BCUT2D eigenvalue weighted by molar-refractivity contribution is 5.83. The molecule has 2 rings (SSSR count). The van der Waals surface area contributed by atoms with Gasteiger partial charge in [0.2, 0.25) is 5.91 Å². The predicted octanol–water partition coefficient (Wildman–Crippen LogP) is 2.29. The standard InChI is InChI=1S/C15H21N3O3/c1-11(12-5-4-6-13(9-12)18(20)21)17-14(19)15(10-16)7-2-3-8-15/h4-6,9,11H,2-3,7-8,10,16H2,1H3,(H,17,19). The number of rotatable bonds is 5. The average molecular weight is 291 g/mol. The van der Waals surface area contributed by atoms with Gasteiger partial charge in [-0.2, -0.15) is 0 Å². The molecule has 0 aromatic heterocycles. The zero-order valence-electron chi connectivity index (χ0n) is 12.2. The third-order valence-corrected chi connectivity index (χ3v) is 4.36. The first-order valence-electron chi connectivity index (χ1n) is 7.24. The SMILES string of the molecule is CC(NC(=O)C1(CN)CCCC1)c1cccc([N+](=O)[O-])c1. The molecule has 0 radical (unpaired) electrons. The van der Waals surface area contributed by atoms with E-state index >= 15 is 0 Å². The second-order valence-corrected chi connectivity index (χ2v) is 5.74. The van der Waals surface area contributed by atoms with Crippen LogP contribution >= 0.6 is 0 Å². The number of nitrogens with zero attached hydrogens (tertiary/aromatic N) is 1. The maximum Gasteiger partial charge on any atom is 0.269 e. The monoisotopic (exact) mass is 291 g/mol. The molecule has 1 aliphatic carbocycles. The summed E-state index contributed by atoms with van der Waals surface area (Å²) in [5, 5.41) is 13.8. The van der Waals surface area contributed by atoms with Crippen LogP contribution in [0.1, 0.15) is 44.2 Å². The van der Waals surface area contributed by atoms with Crippen LogP contribution in [0.2, 0.25) is 0 Å².